The molecule has 1 saturated heterocycles. The Morgan fingerprint density at radius 3 is 2.67 bits per heavy atom. The van der Waals surface area contributed by atoms with Crippen LogP contribution in [-0.4, -0.2) is 41.1 Å². The van der Waals surface area contributed by atoms with Gasteiger partial charge in [-0.2, -0.15) is 0 Å². The first-order chi connectivity index (χ1) is 10.1. The quantitative estimate of drug-likeness (QED) is 0.838. The van der Waals surface area contributed by atoms with Gasteiger partial charge in [0.05, 0.1) is 5.92 Å². The molecule has 1 saturated carbocycles. The Hall–Kier alpha value is -1.26. The Balaban J connectivity index is 1.77. The van der Waals surface area contributed by atoms with Gasteiger partial charge in [-0.05, 0) is 44.4 Å². The zero-order valence-corrected chi connectivity index (χ0v) is 13.0. The molecule has 0 aromatic heterocycles. The molecule has 0 aromatic carbocycles. The van der Waals surface area contributed by atoms with E-state index in [1.807, 2.05) is 4.90 Å². The maximum absolute atomic E-state index is 12.3. The van der Waals surface area contributed by atoms with Crippen molar-refractivity contribution in [3.8, 4) is 0 Å². The van der Waals surface area contributed by atoms with E-state index in [0.29, 0.717) is 12.8 Å². The van der Waals surface area contributed by atoms with Gasteiger partial charge in [0.15, 0.2) is 0 Å². The summed E-state index contributed by atoms with van der Waals surface area (Å²) in [5.41, 5.74) is 0. The third-order valence-corrected chi connectivity index (χ3v) is 4.94. The van der Waals surface area contributed by atoms with Gasteiger partial charge in [0.1, 0.15) is 0 Å². The van der Waals surface area contributed by atoms with Gasteiger partial charge < -0.3 is 15.3 Å². The fourth-order valence-electron chi connectivity index (χ4n) is 3.67. The van der Waals surface area contributed by atoms with E-state index in [-0.39, 0.29) is 18.0 Å². The van der Waals surface area contributed by atoms with Crippen molar-refractivity contribution in [2.24, 2.45) is 11.8 Å². The summed E-state index contributed by atoms with van der Waals surface area (Å²) in [5.74, 6) is -0.257. The standard InChI is InChI=1S/C16H28N2O3/c1-2-4-12-5-3-9-18(10-8-12)16(21)17-14-7-6-13(11-14)15(19)20/h12-14H,2-11H2,1H3,(H,17,21)(H,19,20)/t12?,13-,14+/m1/s1. The lowest BCUT2D eigenvalue weighted by atomic mass is 9.96. The highest BCUT2D eigenvalue weighted by Crippen LogP contribution is 2.26. The summed E-state index contributed by atoms with van der Waals surface area (Å²) >= 11 is 0. The van der Waals surface area contributed by atoms with Gasteiger partial charge in [0.2, 0.25) is 0 Å². The molecular formula is C16H28N2O3. The number of aliphatic carboxylic acids is 1. The predicted molar refractivity (Wildman–Crippen MR) is 81.1 cm³/mol. The number of hydrogen-bond acceptors (Lipinski definition) is 2. The molecule has 2 N–H and O–H groups in total. The summed E-state index contributed by atoms with van der Waals surface area (Å²) in [4.78, 5) is 25.2. The lowest BCUT2D eigenvalue weighted by molar-refractivity contribution is -0.141. The van der Waals surface area contributed by atoms with Gasteiger partial charge >= 0.3 is 12.0 Å². The molecule has 120 valence electrons. The fourth-order valence-corrected chi connectivity index (χ4v) is 3.67. The number of likely N-dealkylation sites (tertiary alicyclic amines) is 1. The highest BCUT2D eigenvalue weighted by Gasteiger charge is 2.31. The average Bonchev–Trinajstić information content (AvgIpc) is 2.78. The summed E-state index contributed by atoms with van der Waals surface area (Å²) in [6.07, 6.45) is 7.93. The molecule has 0 spiro atoms. The zero-order valence-electron chi connectivity index (χ0n) is 13.0. The summed E-state index contributed by atoms with van der Waals surface area (Å²) < 4.78 is 0. The van der Waals surface area contributed by atoms with Crippen LogP contribution in [-0.2, 0) is 4.79 Å². The van der Waals surface area contributed by atoms with Crippen molar-refractivity contribution >= 4 is 12.0 Å². The lowest BCUT2D eigenvalue weighted by Crippen LogP contribution is -2.44. The minimum atomic E-state index is -0.732. The van der Waals surface area contributed by atoms with E-state index in [0.717, 1.165) is 38.3 Å². The number of carbonyl (C=O) groups is 2. The Bertz CT molecular complexity index is 373. The van der Waals surface area contributed by atoms with Crippen LogP contribution in [0.3, 0.4) is 0 Å². The summed E-state index contributed by atoms with van der Waals surface area (Å²) in [7, 11) is 0. The second-order valence-corrected chi connectivity index (χ2v) is 6.57. The van der Waals surface area contributed by atoms with E-state index in [4.69, 9.17) is 5.11 Å². The molecule has 1 heterocycles. The number of nitrogens with one attached hydrogen (secondary N) is 1. The van der Waals surface area contributed by atoms with Crippen LogP contribution < -0.4 is 5.32 Å². The van der Waals surface area contributed by atoms with E-state index in [9.17, 15) is 9.59 Å². The fraction of sp³-hybridized carbons (Fsp3) is 0.875. The SMILES string of the molecule is CCCC1CCCN(C(=O)N[C@H]2CC[C@@H](C(=O)O)C2)CC1. The van der Waals surface area contributed by atoms with Crippen LogP contribution in [0.5, 0.6) is 0 Å². The molecule has 5 nitrogen and oxygen atoms in total. The zero-order chi connectivity index (χ0) is 15.2. The Kier molecular flexibility index (Phi) is 5.88. The van der Waals surface area contributed by atoms with E-state index < -0.39 is 5.97 Å². The van der Waals surface area contributed by atoms with Gasteiger partial charge in [-0.15, -0.1) is 0 Å². The molecule has 2 fully saturated rings. The minimum absolute atomic E-state index is 0.00295. The van der Waals surface area contributed by atoms with Crippen molar-refractivity contribution in [2.75, 3.05) is 13.1 Å². The van der Waals surface area contributed by atoms with E-state index in [2.05, 4.69) is 12.2 Å². The second-order valence-electron chi connectivity index (χ2n) is 6.57. The van der Waals surface area contributed by atoms with E-state index in [1.54, 1.807) is 0 Å². The maximum Gasteiger partial charge on any atom is 0.317 e. The molecular weight excluding hydrogens is 268 g/mol. The maximum atomic E-state index is 12.3. The molecule has 2 aliphatic rings. The smallest absolute Gasteiger partial charge is 0.317 e. The number of rotatable bonds is 4. The van der Waals surface area contributed by atoms with Crippen molar-refractivity contribution in [3.05, 3.63) is 0 Å². The Labute approximate surface area is 127 Å². The van der Waals surface area contributed by atoms with E-state index in [1.165, 1.54) is 19.3 Å². The third kappa shape index (κ3) is 4.61. The third-order valence-electron chi connectivity index (χ3n) is 4.94. The first kappa shape index (κ1) is 16.1. The number of carboxylic acids is 1. The summed E-state index contributed by atoms with van der Waals surface area (Å²) in [6, 6.07) is 0.0384. The number of hydrogen-bond donors (Lipinski definition) is 2. The molecule has 0 aromatic rings. The first-order valence-electron chi connectivity index (χ1n) is 8.38. The number of carbonyl (C=O) groups excluding carboxylic acids is 1. The van der Waals surface area contributed by atoms with Crippen LogP contribution in [0.1, 0.15) is 58.3 Å². The minimum Gasteiger partial charge on any atom is -0.481 e. The number of nitrogens with zero attached hydrogens (tertiary/aromatic N) is 1. The van der Waals surface area contributed by atoms with Crippen molar-refractivity contribution in [1.82, 2.24) is 10.2 Å². The van der Waals surface area contributed by atoms with Gasteiger partial charge in [-0.3, -0.25) is 4.79 Å². The molecule has 0 bridgehead atoms. The summed E-state index contributed by atoms with van der Waals surface area (Å²) in [5, 5.41) is 12.0. The van der Waals surface area contributed by atoms with Gasteiger partial charge in [-0.1, -0.05) is 19.8 Å². The van der Waals surface area contributed by atoms with Crippen LogP contribution in [0.25, 0.3) is 0 Å². The Morgan fingerprint density at radius 2 is 2.00 bits per heavy atom. The second kappa shape index (κ2) is 7.66. The highest BCUT2D eigenvalue weighted by atomic mass is 16.4. The molecule has 5 heteroatoms. The molecule has 1 aliphatic carbocycles. The van der Waals surface area contributed by atoms with Gasteiger partial charge in [-0.25, -0.2) is 4.79 Å². The predicted octanol–water partition coefficient (Wildman–Crippen LogP) is 2.85. The molecule has 2 amide bonds. The molecule has 21 heavy (non-hydrogen) atoms. The van der Waals surface area contributed by atoms with Crippen molar-refractivity contribution in [2.45, 2.75) is 64.3 Å². The van der Waals surface area contributed by atoms with Crippen LogP contribution in [0.4, 0.5) is 4.79 Å². The van der Waals surface area contributed by atoms with Crippen LogP contribution in [0.2, 0.25) is 0 Å². The first-order valence-corrected chi connectivity index (χ1v) is 8.38. The van der Waals surface area contributed by atoms with Crippen LogP contribution in [0.15, 0.2) is 0 Å². The molecule has 2 rings (SSSR count). The van der Waals surface area contributed by atoms with Crippen molar-refractivity contribution in [1.29, 1.82) is 0 Å². The molecule has 1 aliphatic heterocycles. The monoisotopic (exact) mass is 296 g/mol. The number of carboxylic acid groups (broad SMARTS) is 1. The molecule has 3 atom stereocenters. The largest absolute Gasteiger partial charge is 0.481 e. The van der Waals surface area contributed by atoms with Crippen molar-refractivity contribution < 1.29 is 14.7 Å². The van der Waals surface area contributed by atoms with Gasteiger partial charge in [0.25, 0.3) is 0 Å². The normalized spacial score (nSPS) is 30.0. The number of urea groups is 1. The molecule has 1 unspecified atom stereocenters. The van der Waals surface area contributed by atoms with Crippen LogP contribution >= 0.6 is 0 Å². The average molecular weight is 296 g/mol. The lowest BCUT2D eigenvalue weighted by Gasteiger charge is -2.23. The number of amides is 2. The van der Waals surface area contributed by atoms with E-state index >= 15 is 0 Å². The van der Waals surface area contributed by atoms with Crippen molar-refractivity contribution in [3.63, 3.8) is 0 Å². The van der Waals surface area contributed by atoms with Crippen LogP contribution in [0, 0.1) is 11.8 Å². The summed E-state index contributed by atoms with van der Waals surface area (Å²) in [6.45, 7) is 3.89. The Morgan fingerprint density at radius 1 is 1.19 bits per heavy atom. The molecule has 0 radical (unpaired) electrons. The van der Waals surface area contributed by atoms with Gasteiger partial charge in [0, 0.05) is 19.1 Å². The highest BCUT2D eigenvalue weighted by molar-refractivity contribution is 5.75. The topological polar surface area (TPSA) is 69.6 Å².